The van der Waals surface area contributed by atoms with Gasteiger partial charge in [0.25, 0.3) is 0 Å². The van der Waals surface area contributed by atoms with Crippen LogP contribution in [0, 0.1) is 0 Å². The second kappa shape index (κ2) is 3.42. The van der Waals surface area contributed by atoms with Gasteiger partial charge in [-0.1, -0.05) is 6.08 Å². The summed E-state index contributed by atoms with van der Waals surface area (Å²) in [5.41, 5.74) is 0. The lowest BCUT2D eigenvalue weighted by Crippen LogP contribution is -2.18. The highest BCUT2D eigenvalue weighted by atomic mass is 16.8. The highest BCUT2D eigenvalue weighted by Gasteiger charge is 2.31. The fraction of sp³-hybridized carbons (Fsp3) is 0.625. The molecule has 0 saturated carbocycles. The topological polar surface area (TPSA) is 35.5 Å². The van der Waals surface area contributed by atoms with Crippen LogP contribution in [-0.2, 0) is 9.47 Å². The standard InChI is InChI=1S/C8H12O3/c1-3-4-5-7-6(2)10-8(9)11-7/h3,6-7H,1,4-5H2,2H3/t6-,7+/m1/s1. The summed E-state index contributed by atoms with van der Waals surface area (Å²) in [4.78, 5) is 10.6. The molecule has 11 heavy (non-hydrogen) atoms. The summed E-state index contributed by atoms with van der Waals surface area (Å²) in [6.45, 7) is 5.42. The molecular weight excluding hydrogens is 144 g/mol. The molecule has 1 heterocycles. The number of rotatable bonds is 3. The first kappa shape index (κ1) is 8.11. The second-order valence-corrected chi connectivity index (χ2v) is 2.60. The lowest BCUT2D eigenvalue weighted by atomic mass is 10.1. The third-order valence-corrected chi connectivity index (χ3v) is 1.71. The van der Waals surface area contributed by atoms with Crippen molar-refractivity contribution in [1.82, 2.24) is 0 Å². The van der Waals surface area contributed by atoms with Gasteiger partial charge in [0.05, 0.1) is 0 Å². The van der Waals surface area contributed by atoms with Gasteiger partial charge < -0.3 is 9.47 Å². The summed E-state index contributed by atoms with van der Waals surface area (Å²) >= 11 is 0. The van der Waals surface area contributed by atoms with Gasteiger partial charge in [-0.3, -0.25) is 0 Å². The summed E-state index contributed by atoms with van der Waals surface area (Å²) < 4.78 is 9.64. The maximum atomic E-state index is 10.6. The molecular formula is C8H12O3. The molecule has 0 aromatic carbocycles. The Labute approximate surface area is 66.0 Å². The van der Waals surface area contributed by atoms with Gasteiger partial charge in [0.15, 0.2) is 0 Å². The van der Waals surface area contributed by atoms with Gasteiger partial charge in [-0.25, -0.2) is 4.79 Å². The SMILES string of the molecule is C=CCC[C@@H]1OC(=O)O[C@@H]1C. The number of hydrogen-bond acceptors (Lipinski definition) is 3. The number of allylic oxidation sites excluding steroid dienone is 1. The zero-order chi connectivity index (χ0) is 8.27. The van der Waals surface area contributed by atoms with Crippen molar-refractivity contribution in [3.05, 3.63) is 12.7 Å². The molecule has 62 valence electrons. The van der Waals surface area contributed by atoms with E-state index in [4.69, 9.17) is 9.47 Å². The fourth-order valence-corrected chi connectivity index (χ4v) is 1.05. The zero-order valence-corrected chi connectivity index (χ0v) is 6.58. The van der Waals surface area contributed by atoms with Crippen LogP contribution in [0.25, 0.3) is 0 Å². The van der Waals surface area contributed by atoms with Crippen LogP contribution in [-0.4, -0.2) is 18.4 Å². The van der Waals surface area contributed by atoms with Gasteiger partial charge >= 0.3 is 6.16 Å². The average Bonchev–Trinajstić information content (AvgIpc) is 2.26. The summed E-state index contributed by atoms with van der Waals surface area (Å²) in [5, 5.41) is 0. The fourth-order valence-electron chi connectivity index (χ4n) is 1.05. The predicted octanol–water partition coefficient (Wildman–Crippen LogP) is 1.88. The van der Waals surface area contributed by atoms with Crippen molar-refractivity contribution in [2.45, 2.75) is 32.0 Å². The quantitative estimate of drug-likeness (QED) is 0.462. The van der Waals surface area contributed by atoms with E-state index in [0.29, 0.717) is 0 Å². The van der Waals surface area contributed by atoms with Crippen molar-refractivity contribution in [3.63, 3.8) is 0 Å². The third-order valence-electron chi connectivity index (χ3n) is 1.71. The molecule has 2 atom stereocenters. The number of carbonyl (C=O) groups excluding carboxylic acids is 1. The summed E-state index contributed by atoms with van der Waals surface area (Å²) in [5.74, 6) is 0. The molecule has 0 amide bonds. The van der Waals surface area contributed by atoms with Crippen LogP contribution in [0.5, 0.6) is 0 Å². The van der Waals surface area contributed by atoms with E-state index in [1.807, 2.05) is 6.92 Å². The number of cyclic esters (lactones) is 2. The molecule has 0 spiro atoms. The molecule has 1 aliphatic rings. The van der Waals surface area contributed by atoms with E-state index in [9.17, 15) is 4.79 Å². The van der Waals surface area contributed by atoms with Gasteiger partial charge in [0.1, 0.15) is 12.2 Å². The first-order chi connectivity index (χ1) is 5.24. The van der Waals surface area contributed by atoms with Crippen LogP contribution in [0.15, 0.2) is 12.7 Å². The van der Waals surface area contributed by atoms with Crippen LogP contribution in [0.4, 0.5) is 4.79 Å². The normalized spacial score (nSPS) is 29.4. The number of carbonyl (C=O) groups is 1. The minimum atomic E-state index is -0.549. The Bertz CT molecular complexity index is 165. The second-order valence-electron chi connectivity index (χ2n) is 2.60. The van der Waals surface area contributed by atoms with Crippen LogP contribution >= 0.6 is 0 Å². The van der Waals surface area contributed by atoms with Gasteiger partial charge in [0, 0.05) is 0 Å². The first-order valence-electron chi connectivity index (χ1n) is 3.72. The first-order valence-corrected chi connectivity index (χ1v) is 3.72. The minimum Gasteiger partial charge on any atom is -0.427 e. The van der Waals surface area contributed by atoms with Crippen molar-refractivity contribution >= 4 is 6.16 Å². The molecule has 0 aromatic heterocycles. The lowest BCUT2D eigenvalue weighted by molar-refractivity contribution is 0.115. The molecule has 0 N–H and O–H groups in total. The molecule has 3 heteroatoms. The number of ether oxygens (including phenoxy) is 2. The molecule has 1 aliphatic heterocycles. The van der Waals surface area contributed by atoms with E-state index < -0.39 is 6.16 Å². The molecule has 3 nitrogen and oxygen atoms in total. The molecule has 1 saturated heterocycles. The third kappa shape index (κ3) is 1.97. The van der Waals surface area contributed by atoms with E-state index in [0.717, 1.165) is 12.8 Å². The Morgan fingerprint density at radius 2 is 2.36 bits per heavy atom. The largest absolute Gasteiger partial charge is 0.509 e. The van der Waals surface area contributed by atoms with E-state index in [-0.39, 0.29) is 12.2 Å². The highest BCUT2D eigenvalue weighted by Crippen LogP contribution is 2.18. The number of hydrogen-bond donors (Lipinski definition) is 0. The maximum Gasteiger partial charge on any atom is 0.509 e. The smallest absolute Gasteiger partial charge is 0.427 e. The van der Waals surface area contributed by atoms with Crippen molar-refractivity contribution in [2.75, 3.05) is 0 Å². The van der Waals surface area contributed by atoms with E-state index >= 15 is 0 Å². The van der Waals surface area contributed by atoms with Gasteiger partial charge in [-0.15, -0.1) is 6.58 Å². The van der Waals surface area contributed by atoms with Crippen molar-refractivity contribution in [2.24, 2.45) is 0 Å². The van der Waals surface area contributed by atoms with Crippen LogP contribution < -0.4 is 0 Å². The van der Waals surface area contributed by atoms with Crippen LogP contribution in [0.3, 0.4) is 0 Å². The van der Waals surface area contributed by atoms with Gasteiger partial charge in [-0.2, -0.15) is 0 Å². The van der Waals surface area contributed by atoms with Gasteiger partial charge in [0.2, 0.25) is 0 Å². The maximum absolute atomic E-state index is 10.6. The Kier molecular flexibility index (Phi) is 2.52. The van der Waals surface area contributed by atoms with E-state index in [2.05, 4.69) is 6.58 Å². The summed E-state index contributed by atoms with van der Waals surface area (Å²) in [7, 11) is 0. The van der Waals surface area contributed by atoms with Crippen molar-refractivity contribution < 1.29 is 14.3 Å². The molecule has 0 aromatic rings. The molecule has 0 aliphatic carbocycles. The Balaban J connectivity index is 2.34. The summed E-state index contributed by atoms with van der Waals surface area (Å²) in [6, 6.07) is 0. The van der Waals surface area contributed by atoms with Crippen LogP contribution in [0.2, 0.25) is 0 Å². The highest BCUT2D eigenvalue weighted by molar-refractivity contribution is 5.62. The molecule has 0 unspecified atom stereocenters. The Hall–Kier alpha value is -0.990. The monoisotopic (exact) mass is 156 g/mol. The molecule has 0 radical (unpaired) electrons. The minimum absolute atomic E-state index is 0.0829. The van der Waals surface area contributed by atoms with Gasteiger partial charge in [-0.05, 0) is 19.8 Å². The zero-order valence-electron chi connectivity index (χ0n) is 6.58. The molecule has 0 bridgehead atoms. The van der Waals surface area contributed by atoms with Crippen molar-refractivity contribution in [1.29, 1.82) is 0 Å². The Morgan fingerprint density at radius 1 is 1.64 bits per heavy atom. The predicted molar refractivity (Wildman–Crippen MR) is 40.2 cm³/mol. The van der Waals surface area contributed by atoms with E-state index in [1.165, 1.54) is 0 Å². The molecule has 1 fully saturated rings. The Morgan fingerprint density at radius 3 is 2.82 bits per heavy atom. The van der Waals surface area contributed by atoms with Crippen molar-refractivity contribution in [3.8, 4) is 0 Å². The summed E-state index contributed by atoms with van der Waals surface area (Å²) in [6.07, 6.45) is 2.72. The van der Waals surface area contributed by atoms with E-state index in [1.54, 1.807) is 6.08 Å². The lowest BCUT2D eigenvalue weighted by Gasteiger charge is -2.08. The molecule has 1 rings (SSSR count). The average molecular weight is 156 g/mol. The van der Waals surface area contributed by atoms with Crippen LogP contribution in [0.1, 0.15) is 19.8 Å².